The number of nitrogens with one attached hydrogen (secondary N) is 1. The fourth-order valence-corrected chi connectivity index (χ4v) is 1.33. The number of aliphatic imine (C=N–C) groups is 1. The van der Waals surface area contributed by atoms with E-state index in [0.717, 1.165) is 11.4 Å². The molecule has 0 aliphatic rings. The van der Waals surface area contributed by atoms with Gasteiger partial charge in [-0.3, -0.25) is 4.99 Å². The summed E-state index contributed by atoms with van der Waals surface area (Å²) in [6.07, 6.45) is 0. The molecule has 2 nitrogen and oxygen atoms in total. The molecular formula is C9H10Cl2N2. The van der Waals surface area contributed by atoms with Gasteiger partial charge in [-0.15, -0.1) is 0 Å². The zero-order chi connectivity index (χ0) is 9.84. The molecule has 0 heterocycles. The zero-order valence-electron chi connectivity index (χ0n) is 7.44. The van der Waals surface area contributed by atoms with Gasteiger partial charge in [0.05, 0.1) is 10.0 Å². The summed E-state index contributed by atoms with van der Waals surface area (Å²) in [5, 5.41) is 4.05. The SMILES string of the molecule is C/N=C(\NC)c1ccc(Cl)c(Cl)c1. The maximum atomic E-state index is 5.86. The summed E-state index contributed by atoms with van der Waals surface area (Å²) in [5.74, 6) is 0.790. The average Bonchev–Trinajstić information content (AvgIpc) is 2.13. The van der Waals surface area contributed by atoms with Crippen LogP contribution in [0.25, 0.3) is 0 Å². The van der Waals surface area contributed by atoms with Gasteiger partial charge in [0.1, 0.15) is 5.84 Å². The summed E-state index contributed by atoms with van der Waals surface area (Å²) in [6, 6.07) is 5.40. The normalized spacial score (nSPS) is 11.5. The van der Waals surface area contributed by atoms with Gasteiger partial charge in [-0.1, -0.05) is 23.2 Å². The highest BCUT2D eigenvalue weighted by Crippen LogP contribution is 2.22. The second-order valence-corrected chi connectivity index (χ2v) is 3.27. The van der Waals surface area contributed by atoms with Crippen molar-refractivity contribution in [1.29, 1.82) is 0 Å². The lowest BCUT2D eigenvalue weighted by atomic mass is 10.2. The van der Waals surface area contributed by atoms with Crippen molar-refractivity contribution < 1.29 is 0 Å². The van der Waals surface area contributed by atoms with E-state index in [9.17, 15) is 0 Å². The minimum absolute atomic E-state index is 0.538. The molecule has 0 spiro atoms. The van der Waals surface area contributed by atoms with Gasteiger partial charge < -0.3 is 5.32 Å². The Labute approximate surface area is 87.6 Å². The maximum absolute atomic E-state index is 5.86. The van der Waals surface area contributed by atoms with Gasteiger partial charge in [0.2, 0.25) is 0 Å². The van der Waals surface area contributed by atoms with Crippen LogP contribution >= 0.6 is 23.2 Å². The number of hydrogen-bond acceptors (Lipinski definition) is 1. The third kappa shape index (κ3) is 2.36. The summed E-state index contributed by atoms with van der Waals surface area (Å²) in [6.45, 7) is 0. The first kappa shape index (κ1) is 10.4. The first-order chi connectivity index (χ1) is 6.19. The molecule has 4 heteroatoms. The highest BCUT2D eigenvalue weighted by Gasteiger charge is 2.03. The molecule has 0 saturated heterocycles. The lowest BCUT2D eigenvalue weighted by Gasteiger charge is -2.05. The fourth-order valence-electron chi connectivity index (χ4n) is 1.03. The summed E-state index contributed by atoms with van der Waals surface area (Å²) in [4.78, 5) is 4.05. The summed E-state index contributed by atoms with van der Waals surface area (Å²) < 4.78 is 0. The predicted molar refractivity (Wildman–Crippen MR) is 58.0 cm³/mol. The molecule has 0 bridgehead atoms. The van der Waals surface area contributed by atoms with Crippen LogP contribution in [0, 0.1) is 0 Å². The van der Waals surface area contributed by atoms with E-state index in [1.807, 2.05) is 13.1 Å². The smallest absolute Gasteiger partial charge is 0.127 e. The number of nitrogens with zero attached hydrogens (tertiary/aromatic N) is 1. The second-order valence-electron chi connectivity index (χ2n) is 2.45. The maximum Gasteiger partial charge on any atom is 0.127 e. The van der Waals surface area contributed by atoms with E-state index in [1.54, 1.807) is 19.2 Å². The average molecular weight is 217 g/mol. The third-order valence-electron chi connectivity index (χ3n) is 1.65. The lowest BCUT2D eigenvalue weighted by molar-refractivity contribution is 1.15. The van der Waals surface area contributed by atoms with Crippen molar-refractivity contribution in [1.82, 2.24) is 5.32 Å². The van der Waals surface area contributed by atoms with Gasteiger partial charge in [0.15, 0.2) is 0 Å². The molecular weight excluding hydrogens is 207 g/mol. The van der Waals surface area contributed by atoms with Gasteiger partial charge in [-0.25, -0.2) is 0 Å². The van der Waals surface area contributed by atoms with Gasteiger partial charge in [-0.2, -0.15) is 0 Å². The fraction of sp³-hybridized carbons (Fsp3) is 0.222. The molecule has 0 radical (unpaired) electrons. The summed E-state index contributed by atoms with van der Waals surface area (Å²) >= 11 is 11.6. The number of benzene rings is 1. The van der Waals surface area contributed by atoms with Crippen LogP contribution in [-0.2, 0) is 0 Å². The molecule has 0 saturated carbocycles. The van der Waals surface area contributed by atoms with E-state index in [1.165, 1.54) is 0 Å². The molecule has 0 amide bonds. The largest absolute Gasteiger partial charge is 0.373 e. The Balaban J connectivity index is 3.10. The molecule has 0 fully saturated rings. The van der Waals surface area contributed by atoms with E-state index < -0.39 is 0 Å². The molecule has 0 aliphatic heterocycles. The van der Waals surface area contributed by atoms with Crippen LogP contribution < -0.4 is 5.32 Å². The molecule has 0 aliphatic carbocycles. The van der Waals surface area contributed by atoms with Crippen molar-refractivity contribution in [2.45, 2.75) is 0 Å². The Bertz CT molecular complexity index is 334. The molecule has 1 rings (SSSR count). The van der Waals surface area contributed by atoms with Crippen molar-refractivity contribution in [3.8, 4) is 0 Å². The van der Waals surface area contributed by atoms with Gasteiger partial charge in [0.25, 0.3) is 0 Å². The van der Waals surface area contributed by atoms with Crippen molar-refractivity contribution in [3.05, 3.63) is 33.8 Å². The first-order valence-corrected chi connectivity index (χ1v) is 4.54. The Morgan fingerprint density at radius 2 is 2.00 bits per heavy atom. The minimum atomic E-state index is 0.538. The van der Waals surface area contributed by atoms with E-state index in [-0.39, 0.29) is 0 Å². The van der Waals surface area contributed by atoms with Crippen molar-refractivity contribution in [3.63, 3.8) is 0 Å². The van der Waals surface area contributed by atoms with Crippen LogP contribution in [0.3, 0.4) is 0 Å². The van der Waals surface area contributed by atoms with Crippen molar-refractivity contribution in [2.75, 3.05) is 14.1 Å². The Morgan fingerprint density at radius 1 is 1.31 bits per heavy atom. The highest BCUT2D eigenvalue weighted by molar-refractivity contribution is 6.42. The molecule has 0 atom stereocenters. The molecule has 1 aromatic carbocycles. The summed E-state index contributed by atoms with van der Waals surface area (Å²) in [7, 11) is 3.53. The summed E-state index contributed by atoms with van der Waals surface area (Å²) in [5.41, 5.74) is 0.930. The van der Waals surface area contributed by atoms with Crippen molar-refractivity contribution >= 4 is 29.0 Å². The molecule has 1 aromatic rings. The zero-order valence-corrected chi connectivity index (χ0v) is 8.95. The monoisotopic (exact) mass is 216 g/mol. The van der Waals surface area contributed by atoms with Crippen LogP contribution in [0.5, 0.6) is 0 Å². The third-order valence-corrected chi connectivity index (χ3v) is 2.39. The Morgan fingerprint density at radius 3 is 2.46 bits per heavy atom. The lowest BCUT2D eigenvalue weighted by Crippen LogP contribution is -2.19. The van der Waals surface area contributed by atoms with Crippen LogP contribution in [0.4, 0.5) is 0 Å². The number of amidine groups is 1. The van der Waals surface area contributed by atoms with Crippen molar-refractivity contribution in [2.24, 2.45) is 4.99 Å². The quantitative estimate of drug-likeness (QED) is 0.567. The van der Waals surface area contributed by atoms with Gasteiger partial charge in [0, 0.05) is 19.7 Å². The van der Waals surface area contributed by atoms with Crippen LogP contribution in [-0.4, -0.2) is 19.9 Å². The molecule has 0 aromatic heterocycles. The van der Waals surface area contributed by atoms with Gasteiger partial charge >= 0.3 is 0 Å². The topological polar surface area (TPSA) is 24.4 Å². The standard InChI is InChI=1S/C9H10Cl2N2/c1-12-9(13-2)6-3-4-7(10)8(11)5-6/h3-5H,1-2H3,(H,12,13). The van der Waals surface area contributed by atoms with E-state index in [0.29, 0.717) is 10.0 Å². The molecule has 1 N–H and O–H groups in total. The number of rotatable bonds is 1. The van der Waals surface area contributed by atoms with Crippen LogP contribution in [0.15, 0.2) is 23.2 Å². The van der Waals surface area contributed by atoms with E-state index in [2.05, 4.69) is 10.3 Å². The number of halogens is 2. The first-order valence-electron chi connectivity index (χ1n) is 3.79. The van der Waals surface area contributed by atoms with Gasteiger partial charge in [-0.05, 0) is 18.2 Å². The Kier molecular flexibility index (Phi) is 3.58. The molecule has 13 heavy (non-hydrogen) atoms. The number of hydrogen-bond donors (Lipinski definition) is 1. The Hall–Kier alpha value is -0.730. The van der Waals surface area contributed by atoms with E-state index in [4.69, 9.17) is 23.2 Å². The van der Waals surface area contributed by atoms with Crippen LogP contribution in [0.1, 0.15) is 5.56 Å². The minimum Gasteiger partial charge on any atom is -0.373 e. The van der Waals surface area contributed by atoms with Crippen LogP contribution in [0.2, 0.25) is 10.0 Å². The van der Waals surface area contributed by atoms with E-state index >= 15 is 0 Å². The molecule has 70 valence electrons. The highest BCUT2D eigenvalue weighted by atomic mass is 35.5. The second kappa shape index (κ2) is 4.49. The molecule has 0 unspecified atom stereocenters. The predicted octanol–water partition coefficient (Wildman–Crippen LogP) is 2.59.